The third-order valence-corrected chi connectivity index (χ3v) is 10.9. The lowest BCUT2D eigenvalue weighted by atomic mass is 9.34. The minimum Gasteiger partial charge on any atom is -0.458 e. The fraction of sp³-hybridized carbons (Fsp3) is 0.0204. The Morgan fingerprint density at radius 1 is 0.444 bits per heavy atom. The maximum absolute atomic E-state index is 6.99. The van der Waals surface area contributed by atoms with Crippen LogP contribution in [0.1, 0.15) is 5.56 Å². The highest BCUT2D eigenvalue weighted by Gasteiger charge is 2.41. The summed E-state index contributed by atoms with van der Waals surface area (Å²) in [6.45, 7) is 2.07. The maximum Gasteiger partial charge on any atom is 0.260 e. The maximum atomic E-state index is 6.99. The Morgan fingerprint density at radius 2 is 1.00 bits per heavy atom. The molecule has 0 N–H and O–H groups in total. The summed E-state index contributed by atoms with van der Waals surface area (Å²) < 4.78 is 20.7. The van der Waals surface area contributed by atoms with E-state index in [1.54, 1.807) is 0 Å². The molecule has 0 fully saturated rings. The number of rotatable bonds is 5. The van der Waals surface area contributed by atoms with Gasteiger partial charge >= 0.3 is 0 Å². The van der Waals surface area contributed by atoms with Crippen molar-refractivity contribution in [1.82, 2.24) is 0 Å². The lowest BCUT2D eigenvalue weighted by Crippen LogP contribution is -2.57. The molecule has 2 aliphatic heterocycles. The van der Waals surface area contributed by atoms with Crippen LogP contribution in [0.25, 0.3) is 44.2 Å². The molecule has 11 rings (SSSR count). The quantitative estimate of drug-likeness (QED) is 0.168. The van der Waals surface area contributed by atoms with E-state index in [1.807, 2.05) is 30.3 Å². The molecule has 1 aromatic heterocycles. The van der Waals surface area contributed by atoms with Crippen molar-refractivity contribution < 1.29 is 13.9 Å². The first kappa shape index (κ1) is 30.6. The summed E-state index contributed by atoms with van der Waals surface area (Å²) in [7, 11) is 0. The number of hydrogen-bond acceptors (Lipinski definition) is 4. The van der Waals surface area contributed by atoms with E-state index in [2.05, 4.69) is 157 Å². The Kier molecular flexibility index (Phi) is 6.83. The molecule has 0 atom stereocenters. The SMILES string of the molecule is Cc1ccc2c(oc3ccccc32)c1N(c1ccccc1)c1cc2c3c(c1)Oc1cc(-c4ccccc4)ccc1B3c1ccc(-c3ccccc3)cc1O2. The van der Waals surface area contributed by atoms with Crippen LogP contribution in [0.15, 0.2) is 180 Å². The van der Waals surface area contributed by atoms with Crippen molar-refractivity contribution in [2.75, 3.05) is 4.90 Å². The number of furan rings is 1. The van der Waals surface area contributed by atoms with Gasteiger partial charge in [0.05, 0.1) is 11.4 Å². The molecule has 0 amide bonds. The topological polar surface area (TPSA) is 34.8 Å². The van der Waals surface area contributed by atoms with Crippen molar-refractivity contribution in [2.24, 2.45) is 0 Å². The number of nitrogens with zero attached hydrogens (tertiary/aromatic N) is 1. The number of fused-ring (bicyclic) bond motifs is 7. The number of para-hydroxylation sites is 2. The summed E-state index contributed by atoms with van der Waals surface area (Å²) in [5.41, 5.74) is 13.5. The average Bonchev–Trinajstić information content (AvgIpc) is 3.61. The van der Waals surface area contributed by atoms with Crippen LogP contribution in [0.5, 0.6) is 23.0 Å². The molecule has 3 heterocycles. The predicted octanol–water partition coefficient (Wildman–Crippen LogP) is 11.4. The molecular weight excluding hydrogens is 661 g/mol. The van der Waals surface area contributed by atoms with Crippen LogP contribution in [0.2, 0.25) is 0 Å². The zero-order valence-corrected chi connectivity index (χ0v) is 29.5. The van der Waals surface area contributed by atoms with Gasteiger partial charge in [0.15, 0.2) is 5.58 Å². The van der Waals surface area contributed by atoms with Crippen molar-refractivity contribution in [3.05, 3.63) is 181 Å². The van der Waals surface area contributed by atoms with Gasteiger partial charge in [0, 0.05) is 34.1 Å². The Morgan fingerprint density at radius 3 is 1.61 bits per heavy atom. The molecule has 254 valence electrons. The highest BCUT2D eigenvalue weighted by atomic mass is 16.5. The molecule has 54 heavy (non-hydrogen) atoms. The second kappa shape index (κ2) is 12.0. The summed E-state index contributed by atoms with van der Waals surface area (Å²) in [4.78, 5) is 2.28. The zero-order chi connectivity index (χ0) is 35.8. The zero-order valence-electron chi connectivity index (χ0n) is 29.5. The average molecular weight is 694 g/mol. The minimum absolute atomic E-state index is 0.0723. The first-order valence-corrected chi connectivity index (χ1v) is 18.4. The third kappa shape index (κ3) is 4.79. The summed E-state index contributed by atoms with van der Waals surface area (Å²) in [5.74, 6) is 3.24. The normalized spacial score (nSPS) is 12.4. The number of hydrogen-bond donors (Lipinski definition) is 0. The lowest BCUT2D eigenvalue weighted by Gasteiger charge is -2.35. The summed E-state index contributed by atoms with van der Waals surface area (Å²) in [5, 5.41) is 2.16. The third-order valence-electron chi connectivity index (χ3n) is 10.9. The minimum atomic E-state index is -0.0723. The van der Waals surface area contributed by atoms with Crippen molar-refractivity contribution in [3.8, 4) is 45.3 Å². The number of anilines is 3. The monoisotopic (exact) mass is 693 g/mol. The molecule has 0 bridgehead atoms. The van der Waals surface area contributed by atoms with Crippen LogP contribution < -0.4 is 30.8 Å². The smallest absolute Gasteiger partial charge is 0.260 e. The predicted molar refractivity (Wildman–Crippen MR) is 222 cm³/mol. The van der Waals surface area contributed by atoms with Crippen LogP contribution >= 0.6 is 0 Å². The van der Waals surface area contributed by atoms with E-state index in [1.165, 1.54) is 0 Å². The number of aryl methyl sites for hydroxylation is 1. The van der Waals surface area contributed by atoms with Gasteiger partial charge in [-0.1, -0.05) is 133 Å². The van der Waals surface area contributed by atoms with E-state index in [0.29, 0.717) is 0 Å². The fourth-order valence-corrected chi connectivity index (χ4v) is 8.36. The Balaban J connectivity index is 1.15. The summed E-state index contributed by atoms with van der Waals surface area (Å²) >= 11 is 0. The number of benzene rings is 8. The molecule has 0 spiro atoms. The van der Waals surface area contributed by atoms with E-state index in [4.69, 9.17) is 13.9 Å². The Labute approximate surface area is 313 Å². The molecule has 0 radical (unpaired) electrons. The van der Waals surface area contributed by atoms with Gasteiger partial charge in [-0.15, -0.1) is 0 Å². The first-order chi connectivity index (χ1) is 26.7. The van der Waals surface area contributed by atoms with Crippen molar-refractivity contribution >= 4 is 62.1 Å². The highest BCUT2D eigenvalue weighted by Crippen LogP contribution is 2.47. The van der Waals surface area contributed by atoms with Gasteiger partial charge in [0.1, 0.15) is 28.6 Å². The molecule has 5 heteroatoms. The van der Waals surface area contributed by atoms with E-state index >= 15 is 0 Å². The Hall–Kier alpha value is -6.98. The van der Waals surface area contributed by atoms with Gasteiger partial charge in [0.25, 0.3) is 6.71 Å². The van der Waals surface area contributed by atoms with Crippen LogP contribution in [-0.4, -0.2) is 6.71 Å². The van der Waals surface area contributed by atoms with Gasteiger partial charge in [0.2, 0.25) is 0 Å². The molecule has 0 saturated heterocycles. The summed E-state index contributed by atoms with van der Waals surface area (Å²) in [6.07, 6.45) is 0. The molecule has 0 unspecified atom stereocenters. The van der Waals surface area contributed by atoms with Crippen molar-refractivity contribution in [1.29, 1.82) is 0 Å². The molecule has 9 aromatic rings. The van der Waals surface area contributed by atoms with Gasteiger partial charge in [-0.2, -0.15) is 0 Å². The van der Waals surface area contributed by atoms with Gasteiger partial charge in [-0.3, -0.25) is 0 Å². The molecule has 4 nitrogen and oxygen atoms in total. The van der Waals surface area contributed by atoms with Crippen molar-refractivity contribution in [2.45, 2.75) is 6.92 Å². The lowest BCUT2D eigenvalue weighted by molar-refractivity contribution is 0.465. The van der Waals surface area contributed by atoms with Crippen LogP contribution in [0, 0.1) is 6.92 Å². The fourth-order valence-electron chi connectivity index (χ4n) is 8.36. The Bertz CT molecular complexity index is 2790. The largest absolute Gasteiger partial charge is 0.458 e. The number of ether oxygens (including phenoxy) is 2. The van der Waals surface area contributed by atoms with E-state index in [-0.39, 0.29) is 6.71 Å². The molecule has 0 aliphatic carbocycles. The molecule has 2 aliphatic rings. The molecule has 0 saturated carbocycles. The van der Waals surface area contributed by atoms with Crippen molar-refractivity contribution in [3.63, 3.8) is 0 Å². The van der Waals surface area contributed by atoms with E-state index < -0.39 is 0 Å². The van der Waals surface area contributed by atoms with Crippen LogP contribution in [0.3, 0.4) is 0 Å². The van der Waals surface area contributed by atoms with E-state index in [9.17, 15) is 0 Å². The van der Waals surface area contributed by atoms with Crippen LogP contribution in [0.4, 0.5) is 17.1 Å². The highest BCUT2D eigenvalue weighted by molar-refractivity contribution is 6.98. The van der Waals surface area contributed by atoms with Gasteiger partial charge < -0.3 is 18.8 Å². The van der Waals surface area contributed by atoms with Crippen LogP contribution in [-0.2, 0) is 0 Å². The van der Waals surface area contributed by atoms with Gasteiger partial charge in [-0.05, 0) is 76.0 Å². The van der Waals surface area contributed by atoms with Gasteiger partial charge in [-0.25, -0.2) is 0 Å². The second-order valence-electron chi connectivity index (χ2n) is 14.1. The second-order valence-corrected chi connectivity index (χ2v) is 14.1. The standard InChI is InChI=1S/C49H32BNO3/c1-31-21-24-39-38-19-11-12-20-42(38)54-49(39)48(31)51(36-17-9-4-10-18-36)37-29-45-47-46(30-37)53-44-28-35(33-15-7-3-8-16-33)23-26-41(44)50(47)40-25-22-34(27-43(40)52-45)32-13-5-2-6-14-32/h2-30H,1H3. The molecular formula is C49H32BNO3. The molecule has 8 aromatic carbocycles. The van der Waals surface area contributed by atoms with E-state index in [0.717, 1.165) is 106 Å². The summed E-state index contributed by atoms with van der Waals surface area (Å²) in [6, 6.07) is 61.6. The first-order valence-electron chi connectivity index (χ1n) is 18.4.